The zero-order chi connectivity index (χ0) is 20.4. The molecule has 29 heavy (non-hydrogen) atoms. The van der Waals surface area contributed by atoms with Gasteiger partial charge in [-0.05, 0) is 36.8 Å². The Kier molecular flexibility index (Phi) is 5.35. The predicted molar refractivity (Wildman–Crippen MR) is 113 cm³/mol. The van der Waals surface area contributed by atoms with E-state index < -0.39 is 0 Å². The standard InChI is InChI=1S/C21H26N6O2/c1-3-27-19-7-4-15(12-18(19)24-21(27)29)14-25-8-10-26(11-9-25)16-5-6-17(23-13-16)20(28)22-2/h4-7,12-13H,3,8-11,14H2,1-2H3,(H,22,28)(H,24,29). The zero-order valence-corrected chi connectivity index (χ0v) is 16.8. The van der Waals surface area contributed by atoms with Crippen molar-refractivity contribution < 1.29 is 4.79 Å². The van der Waals surface area contributed by atoms with E-state index in [2.05, 4.69) is 37.2 Å². The summed E-state index contributed by atoms with van der Waals surface area (Å²) < 4.78 is 1.75. The summed E-state index contributed by atoms with van der Waals surface area (Å²) in [6.07, 6.45) is 1.77. The normalized spacial score (nSPS) is 15.0. The molecule has 1 aliphatic heterocycles. The molecule has 8 nitrogen and oxygen atoms in total. The fraction of sp³-hybridized carbons (Fsp3) is 0.381. The molecule has 0 spiro atoms. The lowest BCUT2D eigenvalue weighted by molar-refractivity contribution is 0.0958. The Balaban J connectivity index is 1.38. The Morgan fingerprint density at radius 2 is 1.97 bits per heavy atom. The Hall–Kier alpha value is -3.13. The number of nitrogens with one attached hydrogen (secondary N) is 2. The number of hydrogen-bond acceptors (Lipinski definition) is 5. The number of amides is 1. The van der Waals surface area contributed by atoms with Crippen molar-refractivity contribution in [3.8, 4) is 0 Å². The van der Waals surface area contributed by atoms with Gasteiger partial charge in [0.05, 0.1) is 22.9 Å². The highest BCUT2D eigenvalue weighted by atomic mass is 16.2. The maximum Gasteiger partial charge on any atom is 0.326 e. The number of rotatable bonds is 5. The molecule has 1 aliphatic rings. The third kappa shape index (κ3) is 3.88. The molecule has 0 unspecified atom stereocenters. The van der Waals surface area contributed by atoms with E-state index in [1.54, 1.807) is 23.9 Å². The topological polar surface area (TPSA) is 86.3 Å². The van der Waals surface area contributed by atoms with E-state index in [1.165, 1.54) is 5.56 Å². The van der Waals surface area contributed by atoms with Crippen LogP contribution >= 0.6 is 0 Å². The monoisotopic (exact) mass is 394 g/mol. The number of nitrogens with zero attached hydrogens (tertiary/aromatic N) is 4. The summed E-state index contributed by atoms with van der Waals surface area (Å²) >= 11 is 0. The van der Waals surface area contributed by atoms with Crippen molar-refractivity contribution in [3.05, 3.63) is 58.3 Å². The van der Waals surface area contributed by atoms with E-state index in [9.17, 15) is 9.59 Å². The second kappa shape index (κ2) is 8.08. The number of aryl methyl sites for hydroxylation is 1. The first-order valence-electron chi connectivity index (χ1n) is 9.96. The zero-order valence-electron chi connectivity index (χ0n) is 16.8. The van der Waals surface area contributed by atoms with Crippen LogP contribution in [0.1, 0.15) is 23.0 Å². The SMILES string of the molecule is CCn1c(=O)[nH]c2cc(CN3CCN(c4ccc(C(=O)NC)nc4)CC3)ccc21. The van der Waals surface area contributed by atoms with Gasteiger partial charge in [0.2, 0.25) is 0 Å². The summed E-state index contributed by atoms with van der Waals surface area (Å²) in [7, 11) is 1.60. The fourth-order valence-corrected chi connectivity index (χ4v) is 3.88. The van der Waals surface area contributed by atoms with Crippen molar-refractivity contribution in [1.82, 2.24) is 24.8 Å². The second-order valence-corrected chi connectivity index (χ2v) is 7.27. The number of piperazine rings is 1. The van der Waals surface area contributed by atoms with Crippen molar-refractivity contribution in [2.24, 2.45) is 0 Å². The predicted octanol–water partition coefficient (Wildman–Crippen LogP) is 1.43. The molecule has 1 fully saturated rings. The summed E-state index contributed by atoms with van der Waals surface area (Å²) in [6, 6.07) is 9.93. The minimum Gasteiger partial charge on any atom is -0.368 e. The first kappa shape index (κ1) is 19.2. The summed E-state index contributed by atoms with van der Waals surface area (Å²) in [5.74, 6) is -0.172. The average molecular weight is 394 g/mol. The minimum atomic E-state index is -0.172. The first-order valence-corrected chi connectivity index (χ1v) is 9.96. The summed E-state index contributed by atoms with van der Waals surface area (Å²) in [4.78, 5) is 35.5. The summed E-state index contributed by atoms with van der Waals surface area (Å²) in [5, 5.41) is 2.59. The molecule has 0 bridgehead atoms. The molecule has 1 amide bonds. The van der Waals surface area contributed by atoms with Crippen LogP contribution in [-0.4, -0.2) is 58.6 Å². The van der Waals surface area contributed by atoms with Crippen molar-refractivity contribution >= 4 is 22.6 Å². The van der Waals surface area contributed by atoms with Crippen molar-refractivity contribution in [2.75, 3.05) is 38.1 Å². The molecule has 2 N–H and O–H groups in total. The molecule has 4 rings (SSSR count). The maximum absolute atomic E-state index is 12.0. The number of aromatic amines is 1. The average Bonchev–Trinajstić information content (AvgIpc) is 3.08. The lowest BCUT2D eigenvalue weighted by Crippen LogP contribution is -2.46. The van der Waals surface area contributed by atoms with Crippen LogP contribution in [0.15, 0.2) is 41.3 Å². The highest BCUT2D eigenvalue weighted by Gasteiger charge is 2.18. The van der Waals surface area contributed by atoms with Gasteiger partial charge >= 0.3 is 5.69 Å². The third-order valence-corrected chi connectivity index (χ3v) is 5.51. The number of anilines is 1. The van der Waals surface area contributed by atoms with E-state index in [0.717, 1.165) is 49.4 Å². The van der Waals surface area contributed by atoms with E-state index in [0.29, 0.717) is 12.2 Å². The molecular weight excluding hydrogens is 368 g/mol. The van der Waals surface area contributed by atoms with Crippen LogP contribution in [0.25, 0.3) is 11.0 Å². The van der Waals surface area contributed by atoms with Gasteiger partial charge in [-0.15, -0.1) is 0 Å². The molecule has 1 aromatic carbocycles. The van der Waals surface area contributed by atoms with Gasteiger partial charge in [0.25, 0.3) is 5.91 Å². The lowest BCUT2D eigenvalue weighted by Gasteiger charge is -2.36. The molecule has 3 heterocycles. The molecule has 1 saturated heterocycles. The van der Waals surface area contributed by atoms with Crippen molar-refractivity contribution in [2.45, 2.75) is 20.0 Å². The molecule has 0 aliphatic carbocycles. The molecule has 2 aromatic heterocycles. The quantitative estimate of drug-likeness (QED) is 0.684. The van der Waals surface area contributed by atoms with Crippen LogP contribution < -0.4 is 15.9 Å². The highest BCUT2D eigenvalue weighted by Crippen LogP contribution is 2.18. The third-order valence-electron chi connectivity index (χ3n) is 5.51. The Morgan fingerprint density at radius 3 is 2.62 bits per heavy atom. The van der Waals surface area contributed by atoms with Gasteiger partial charge in [0, 0.05) is 46.3 Å². The van der Waals surface area contributed by atoms with Gasteiger partial charge in [0.1, 0.15) is 5.69 Å². The molecule has 8 heteroatoms. The number of carbonyl (C=O) groups is 1. The van der Waals surface area contributed by atoms with Crippen LogP contribution in [0.5, 0.6) is 0 Å². The largest absolute Gasteiger partial charge is 0.368 e. The molecular formula is C21H26N6O2. The lowest BCUT2D eigenvalue weighted by atomic mass is 10.1. The van der Waals surface area contributed by atoms with Gasteiger partial charge in [-0.3, -0.25) is 14.3 Å². The van der Waals surface area contributed by atoms with Crippen LogP contribution in [-0.2, 0) is 13.1 Å². The van der Waals surface area contributed by atoms with Crippen LogP contribution in [0.3, 0.4) is 0 Å². The van der Waals surface area contributed by atoms with Gasteiger partial charge in [-0.2, -0.15) is 0 Å². The van der Waals surface area contributed by atoms with E-state index in [4.69, 9.17) is 0 Å². The van der Waals surface area contributed by atoms with Crippen LogP contribution in [0, 0.1) is 0 Å². The Bertz CT molecular complexity index is 1060. The van der Waals surface area contributed by atoms with Gasteiger partial charge < -0.3 is 15.2 Å². The van der Waals surface area contributed by atoms with E-state index >= 15 is 0 Å². The molecule has 0 radical (unpaired) electrons. The number of H-pyrrole nitrogens is 1. The van der Waals surface area contributed by atoms with Crippen molar-refractivity contribution in [1.29, 1.82) is 0 Å². The van der Waals surface area contributed by atoms with Gasteiger partial charge in [-0.1, -0.05) is 6.07 Å². The maximum atomic E-state index is 12.0. The number of aromatic nitrogens is 3. The summed E-state index contributed by atoms with van der Waals surface area (Å²) in [5.41, 5.74) is 4.47. The number of carbonyl (C=O) groups excluding carboxylic acids is 1. The second-order valence-electron chi connectivity index (χ2n) is 7.27. The highest BCUT2D eigenvalue weighted by molar-refractivity contribution is 5.92. The minimum absolute atomic E-state index is 0.0516. The number of imidazole rings is 1. The van der Waals surface area contributed by atoms with E-state index in [-0.39, 0.29) is 11.6 Å². The van der Waals surface area contributed by atoms with Crippen molar-refractivity contribution in [3.63, 3.8) is 0 Å². The molecule has 0 saturated carbocycles. The number of pyridine rings is 1. The van der Waals surface area contributed by atoms with Crippen LogP contribution in [0.4, 0.5) is 5.69 Å². The van der Waals surface area contributed by atoms with E-state index in [1.807, 2.05) is 19.1 Å². The number of benzene rings is 1. The smallest absolute Gasteiger partial charge is 0.326 e. The molecule has 0 atom stereocenters. The summed E-state index contributed by atoms with van der Waals surface area (Å²) in [6.45, 7) is 7.21. The number of fused-ring (bicyclic) bond motifs is 1. The van der Waals surface area contributed by atoms with Gasteiger partial charge in [-0.25, -0.2) is 9.78 Å². The Morgan fingerprint density at radius 1 is 1.17 bits per heavy atom. The molecule has 152 valence electrons. The van der Waals surface area contributed by atoms with Gasteiger partial charge in [0.15, 0.2) is 0 Å². The Labute approximate surface area is 169 Å². The number of hydrogen-bond donors (Lipinski definition) is 2. The molecule has 3 aromatic rings. The first-order chi connectivity index (χ1) is 14.1. The van der Waals surface area contributed by atoms with Crippen LogP contribution in [0.2, 0.25) is 0 Å². The fourth-order valence-electron chi connectivity index (χ4n) is 3.88.